The van der Waals surface area contributed by atoms with E-state index in [2.05, 4.69) is 10.1 Å². The van der Waals surface area contributed by atoms with Gasteiger partial charge in [0.25, 0.3) is 0 Å². The van der Waals surface area contributed by atoms with Crippen molar-refractivity contribution in [2.24, 2.45) is 5.10 Å². The van der Waals surface area contributed by atoms with E-state index in [-0.39, 0.29) is 0 Å². The Morgan fingerprint density at radius 1 is 0.905 bits per heavy atom. The third-order valence-electron chi connectivity index (χ3n) is 3.64. The molecule has 21 heavy (non-hydrogen) atoms. The third kappa shape index (κ3) is 4.03. The number of hydrazone groups is 1. The van der Waals surface area contributed by atoms with E-state index in [1.165, 1.54) is 25.7 Å². The average Bonchev–Trinajstić information content (AvgIpc) is 2.80. The first-order valence-electron chi connectivity index (χ1n) is 7.37. The Bertz CT molecular complexity index is 455. The van der Waals surface area contributed by atoms with E-state index in [4.69, 9.17) is 14.2 Å². The first kappa shape index (κ1) is 15.5. The SMILES string of the molecule is COc1cc(/C=N/N2CCCCCC2)cc(OC)c1OC. The van der Waals surface area contributed by atoms with Crippen molar-refractivity contribution in [1.82, 2.24) is 5.01 Å². The third-order valence-corrected chi connectivity index (χ3v) is 3.64. The van der Waals surface area contributed by atoms with Crippen LogP contribution in [0.15, 0.2) is 17.2 Å². The zero-order valence-electron chi connectivity index (χ0n) is 13.1. The van der Waals surface area contributed by atoms with Gasteiger partial charge >= 0.3 is 0 Å². The Kier molecular flexibility index (Phi) is 5.72. The molecule has 1 aliphatic heterocycles. The van der Waals surface area contributed by atoms with Crippen molar-refractivity contribution in [2.45, 2.75) is 25.7 Å². The molecule has 0 N–H and O–H groups in total. The zero-order chi connectivity index (χ0) is 15.1. The molecule has 0 spiro atoms. The van der Waals surface area contributed by atoms with Gasteiger partial charge in [0.05, 0.1) is 27.5 Å². The molecular weight excluding hydrogens is 268 g/mol. The molecule has 0 aliphatic carbocycles. The summed E-state index contributed by atoms with van der Waals surface area (Å²) in [5.41, 5.74) is 0.939. The number of ether oxygens (including phenoxy) is 3. The summed E-state index contributed by atoms with van der Waals surface area (Å²) in [5.74, 6) is 1.90. The molecule has 2 rings (SSSR count). The standard InChI is InChI=1S/C16H24N2O3/c1-19-14-10-13(11-15(20-2)16(14)21-3)12-17-18-8-6-4-5-7-9-18/h10-12H,4-9H2,1-3H3/b17-12+. The lowest BCUT2D eigenvalue weighted by Crippen LogP contribution is -2.18. The summed E-state index contributed by atoms with van der Waals surface area (Å²) >= 11 is 0. The van der Waals surface area contributed by atoms with E-state index in [0.717, 1.165) is 18.7 Å². The molecular formula is C16H24N2O3. The predicted molar refractivity (Wildman–Crippen MR) is 83.7 cm³/mol. The van der Waals surface area contributed by atoms with Crippen LogP contribution in [0.1, 0.15) is 31.2 Å². The molecule has 1 aromatic rings. The van der Waals surface area contributed by atoms with Crippen molar-refractivity contribution in [3.8, 4) is 17.2 Å². The molecule has 5 nitrogen and oxygen atoms in total. The van der Waals surface area contributed by atoms with Gasteiger partial charge in [0, 0.05) is 18.7 Å². The van der Waals surface area contributed by atoms with Gasteiger partial charge < -0.3 is 14.2 Å². The Morgan fingerprint density at radius 2 is 1.48 bits per heavy atom. The van der Waals surface area contributed by atoms with Gasteiger partial charge in [0.1, 0.15) is 0 Å². The Hall–Kier alpha value is -1.91. The maximum atomic E-state index is 5.35. The van der Waals surface area contributed by atoms with Gasteiger partial charge in [-0.25, -0.2) is 0 Å². The monoisotopic (exact) mass is 292 g/mol. The highest BCUT2D eigenvalue weighted by Crippen LogP contribution is 2.37. The van der Waals surface area contributed by atoms with Crippen LogP contribution >= 0.6 is 0 Å². The highest BCUT2D eigenvalue weighted by Gasteiger charge is 2.12. The summed E-state index contributed by atoms with van der Waals surface area (Å²) in [7, 11) is 4.84. The van der Waals surface area contributed by atoms with Gasteiger partial charge in [0.15, 0.2) is 11.5 Å². The smallest absolute Gasteiger partial charge is 0.203 e. The number of rotatable bonds is 5. The molecule has 0 saturated carbocycles. The van der Waals surface area contributed by atoms with Crippen LogP contribution in [0.25, 0.3) is 0 Å². The van der Waals surface area contributed by atoms with Crippen LogP contribution in [0.3, 0.4) is 0 Å². The summed E-state index contributed by atoms with van der Waals surface area (Å²) in [6, 6.07) is 3.81. The Labute approximate surface area is 126 Å². The van der Waals surface area contributed by atoms with Crippen molar-refractivity contribution >= 4 is 6.21 Å². The minimum absolute atomic E-state index is 0.604. The number of benzene rings is 1. The first-order valence-corrected chi connectivity index (χ1v) is 7.37. The van der Waals surface area contributed by atoms with E-state index >= 15 is 0 Å². The zero-order valence-corrected chi connectivity index (χ0v) is 13.1. The van der Waals surface area contributed by atoms with Gasteiger partial charge in [-0.3, -0.25) is 5.01 Å². The molecule has 1 heterocycles. The van der Waals surface area contributed by atoms with Crippen molar-refractivity contribution in [2.75, 3.05) is 34.4 Å². The molecule has 0 unspecified atom stereocenters. The summed E-state index contributed by atoms with van der Waals surface area (Å²) < 4.78 is 16.0. The van der Waals surface area contributed by atoms with E-state index in [0.29, 0.717) is 17.2 Å². The molecule has 0 aromatic heterocycles. The summed E-state index contributed by atoms with van der Waals surface area (Å²) in [6.45, 7) is 2.06. The van der Waals surface area contributed by atoms with E-state index in [9.17, 15) is 0 Å². The van der Waals surface area contributed by atoms with Crippen molar-refractivity contribution in [1.29, 1.82) is 0 Å². The highest BCUT2D eigenvalue weighted by molar-refractivity contribution is 5.82. The normalized spacial score (nSPS) is 15.9. The van der Waals surface area contributed by atoms with Crippen molar-refractivity contribution < 1.29 is 14.2 Å². The second kappa shape index (κ2) is 7.76. The summed E-state index contributed by atoms with van der Waals surface area (Å²) in [5, 5.41) is 6.71. The largest absolute Gasteiger partial charge is 0.493 e. The summed E-state index contributed by atoms with van der Waals surface area (Å²) in [4.78, 5) is 0. The van der Waals surface area contributed by atoms with Crippen molar-refractivity contribution in [3.05, 3.63) is 17.7 Å². The minimum atomic E-state index is 0.604. The topological polar surface area (TPSA) is 43.3 Å². The molecule has 0 radical (unpaired) electrons. The van der Waals surface area contributed by atoms with Crippen LogP contribution in [-0.2, 0) is 0 Å². The molecule has 1 aromatic carbocycles. The molecule has 0 atom stereocenters. The average molecular weight is 292 g/mol. The Morgan fingerprint density at radius 3 is 1.95 bits per heavy atom. The van der Waals surface area contributed by atoms with Crippen LogP contribution < -0.4 is 14.2 Å². The van der Waals surface area contributed by atoms with Gasteiger partial charge in [0.2, 0.25) is 5.75 Å². The molecule has 1 aliphatic rings. The second-order valence-corrected chi connectivity index (χ2v) is 5.07. The second-order valence-electron chi connectivity index (χ2n) is 5.07. The van der Waals surface area contributed by atoms with Gasteiger partial charge in [-0.15, -0.1) is 0 Å². The summed E-state index contributed by atoms with van der Waals surface area (Å²) in [6.07, 6.45) is 6.89. The number of methoxy groups -OCH3 is 3. The fourth-order valence-electron chi connectivity index (χ4n) is 2.49. The molecule has 1 fully saturated rings. The number of hydrogen-bond acceptors (Lipinski definition) is 5. The minimum Gasteiger partial charge on any atom is -0.493 e. The van der Waals surface area contributed by atoms with Crippen molar-refractivity contribution in [3.63, 3.8) is 0 Å². The van der Waals surface area contributed by atoms with Crippen LogP contribution in [0.4, 0.5) is 0 Å². The quantitative estimate of drug-likeness (QED) is 0.783. The highest BCUT2D eigenvalue weighted by atomic mass is 16.5. The molecule has 1 saturated heterocycles. The molecule has 0 amide bonds. The van der Waals surface area contributed by atoms with E-state index in [1.807, 2.05) is 18.3 Å². The predicted octanol–water partition coefficient (Wildman–Crippen LogP) is 2.92. The molecule has 0 bridgehead atoms. The lowest BCUT2D eigenvalue weighted by molar-refractivity contribution is 0.302. The van der Waals surface area contributed by atoms with Crippen LogP contribution in [0.5, 0.6) is 17.2 Å². The fraction of sp³-hybridized carbons (Fsp3) is 0.562. The van der Waals surface area contributed by atoms with Gasteiger partial charge in [-0.2, -0.15) is 5.10 Å². The maximum Gasteiger partial charge on any atom is 0.203 e. The van der Waals surface area contributed by atoms with Crippen LogP contribution in [0.2, 0.25) is 0 Å². The number of nitrogens with zero attached hydrogens (tertiary/aromatic N) is 2. The fourth-order valence-corrected chi connectivity index (χ4v) is 2.49. The van der Waals surface area contributed by atoms with E-state index in [1.54, 1.807) is 21.3 Å². The number of hydrogen-bond donors (Lipinski definition) is 0. The van der Waals surface area contributed by atoms with E-state index < -0.39 is 0 Å². The van der Waals surface area contributed by atoms with Crippen LogP contribution in [-0.4, -0.2) is 45.6 Å². The maximum absolute atomic E-state index is 5.35. The van der Waals surface area contributed by atoms with Crippen LogP contribution in [0, 0.1) is 0 Å². The lowest BCUT2D eigenvalue weighted by atomic mass is 10.2. The lowest BCUT2D eigenvalue weighted by Gasteiger charge is -2.16. The Balaban J connectivity index is 2.18. The molecule has 5 heteroatoms. The van der Waals surface area contributed by atoms with Gasteiger partial charge in [-0.1, -0.05) is 12.8 Å². The first-order chi connectivity index (χ1) is 10.3. The molecule has 116 valence electrons. The van der Waals surface area contributed by atoms with Gasteiger partial charge in [-0.05, 0) is 25.0 Å².